The van der Waals surface area contributed by atoms with Crippen molar-refractivity contribution in [2.75, 3.05) is 36.1 Å². The Labute approximate surface area is 242 Å². The average Bonchev–Trinajstić information content (AvgIpc) is 3.80. The fraction of sp³-hybridized carbons (Fsp3) is 0.233. The molecule has 2 heterocycles. The summed E-state index contributed by atoms with van der Waals surface area (Å²) in [6.07, 6.45) is 3.36. The molecular formula is C30H29FN6O4S. The van der Waals surface area contributed by atoms with E-state index in [2.05, 4.69) is 30.6 Å². The van der Waals surface area contributed by atoms with Crippen LogP contribution >= 0.6 is 0 Å². The topological polar surface area (TPSA) is 134 Å². The van der Waals surface area contributed by atoms with Crippen molar-refractivity contribution in [1.82, 2.24) is 14.7 Å². The van der Waals surface area contributed by atoms with E-state index in [0.29, 0.717) is 54.2 Å². The predicted octanol–water partition coefficient (Wildman–Crippen LogP) is 4.80. The molecule has 0 unspecified atom stereocenters. The number of carbonyl (C=O) groups is 1. The Balaban J connectivity index is 1.26. The van der Waals surface area contributed by atoms with E-state index < -0.39 is 21.3 Å². The van der Waals surface area contributed by atoms with Gasteiger partial charge in [0.2, 0.25) is 21.9 Å². The standard InChI is InChI=1S/C30H29FN6O4S/c1-41-26-9-3-2-8-23(26)30(12-13-30)28(38)36-25-11-10-19(16-24(25)31)22-18-33-29-35-20-6-4-7-21(17-20)42(39,40)34-15-5-14-32-27(22)37-29/h2-4,6-11,16-18,34H,5,12-15H2,1H3,(H,36,38)(H2,32,33,35,37). The minimum atomic E-state index is -3.67. The van der Waals surface area contributed by atoms with Crippen molar-refractivity contribution < 1.29 is 22.3 Å². The molecule has 1 aliphatic heterocycles. The summed E-state index contributed by atoms with van der Waals surface area (Å²) in [6.45, 7) is 0.630. The van der Waals surface area contributed by atoms with E-state index in [1.165, 1.54) is 24.3 Å². The molecule has 12 heteroatoms. The molecule has 0 radical (unpaired) electrons. The highest BCUT2D eigenvalue weighted by atomic mass is 32.2. The second-order valence-electron chi connectivity index (χ2n) is 10.2. The van der Waals surface area contributed by atoms with Crippen molar-refractivity contribution in [3.05, 3.63) is 84.3 Å². The summed E-state index contributed by atoms with van der Waals surface area (Å²) in [4.78, 5) is 22.4. The number of hydrogen-bond donors (Lipinski definition) is 4. The lowest BCUT2D eigenvalue weighted by molar-refractivity contribution is -0.118. The van der Waals surface area contributed by atoms with Crippen LogP contribution in [0.4, 0.5) is 27.5 Å². The zero-order chi connectivity index (χ0) is 29.3. The van der Waals surface area contributed by atoms with E-state index in [-0.39, 0.29) is 29.0 Å². The zero-order valence-electron chi connectivity index (χ0n) is 22.8. The molecule has 1 amide bonds. The molecular weight excluding hydrogens is 559 g/mol. The maximum absolute atomic E-state index is 15.4. The van der Waals surface area contributed by atoms with Crippen LogP contribution in [-0.2, 0) is 20.2 Å². The van der Waals surface area contributed by atoms with E-state index >= 15 is 4.39 Å². The van der Waals surface area contributed by atoms with E-state index in [0.717, 1.165) is 5.56 Å². The quantitative estimate of drug-likeness (QED) is 0.261. The average molecular weight is 589 g/mol. The Kier molecular flexibility index (Phi) is 7.25. The molecule has 6 rings (SSSR count). The summed E-state index contributed by atoms with van der Waals surface area (Å²) in [6, 6.07) is 18.3. The monoisotopic (exact) mass is 588 g/mol. The molecule has 3 aromatic carbocycles. The maximum atomic E-state index is 15.4. The van der Waals surface area contributed by atoms with Crippen LogP contribution in [0.25, 0.3) is 11.1 Å². The van der Waals surface area contributed by atoms with Crippen LogP contribution in [0.5, 0.6) is 5.75 Å². The Bertz CT molecular complexity index is 1780. The maximum Gasteiger partial charge on any atom is 0.240 e. The van der Waals surface area contributed by atoms with Crippen LogP contribution < -0.4 is 25.4 Å². The molecule has 1 fully saturated rings. The van der Waals surface area contributed by atoms with Gasteiger partial charge in [0, 0.05) is 36.1 Å². The highest BCUT2D eigenvalue weighted by Gasteiger charge is 2.53. The lowest BCUT2D eigenvalue weighted by atomic mass is 9.93. The minimum Gasteiger partial charge on any atom is -0.496 e. The number of nitrogens with zero attached hydrogens (tertiary/aromatic N) is 2. The third kappa shape index (κ3) is 5.38. The van der Waals surface area contributed by atoms with Gasteiger partial charge in [0.05, 0.1) is 23.1 Å². The molecule has 1 aliphatic carbocycles. The third-order valence-corrected chi connectivity index (χ3v) is 8.92. The molecule has 0 saturated heterocycles. The first-order valence-electron chi connectivity index (χ1n) is 13.5. The van der Waals surface area contributed by atoms with Crippen molar-refractivity contribution in [1.29, 1.82) is 0 Å². The summed E-state index contributed by atoms with van der Waals surface area (Å²) < 4.78 is 48.7. The molecule has 2 aliphatic rings. The summed E-state index contributed by atoms with van der Waals surface area (Å²) in [7, 11) is -2.10. The number of ether oxygens (including phenoxy) is 1. The van der Waals surface area contributed by atoms with Crippen LogP contribution in [0.2, 0.25) is 0 Å². The SMILES string of the molecule is COc1ccccc1C1(C(=O)Nc2ccc(-c3cnc4nc3NCCCNS(=O)(=O)c3cccc(c3)N4)cc2F)CC1. The van der Waals surface area contributed by atoms with Gasteiger partial charge in [-0.1, -0.05) is 30.3 Å². The van der Waals surface area contributed by atoms with Gasteiger partial charge in [-0.2, -0.15) is 4.98 Å². The minimum absolute atomic E-state index is 0.0733. The molecule has 4 bridgehead atoms. The predicted molar refractivity (Wildman–Crippen MR) is 158 cm³/mol. The first-order chi connectivity index (χ1) is 20.3. The normalized spacial score (nSPS) is 16.8. The summed E-state index contributed by atoms with van der Waals surface area (Å²) in [5.41, 5.74) is 1.68. The van der Waals surface area contributed by atoms with Gasteiger partial charge >= 0.3 is 0 Å². The first-order valence-corrected chi connectivity index (χ1v) is 15.0. The van der Waals surface area contributed by atoms with Crippen molar-refractivity contribution in [3.8, 4) is 16.9 Å². The number of halogens is 1. The summed E-state index contributed by atoms with van der Waals surface area (Å²) in [5.74, 6) is 0.456. The fourth-order valence-corrected chi connectivity index (χ4v) is 6.17. The Hall–Kier alpha value is -4.55. The molecule has 216 valence electrons. The van der Waals surface area contributed by atoms with E-state index in [1.807, 2.05) is 24.3 Å². The molecule has 4 aromatic rings. The molecule has 1 aromatic heterocycles. The highest BCUT2D eigenvalue weighted by Crippen LogP contribution is 2.52. The van der Waals surface area contributed by atoms with Gasteiger partial charge in [0.25, 0.3) is 0 Å². The number of hydrogen-bond acceptors (Lipinski definition) is 8. The van der Waals surface area contributed by atoms with Gasteiger partial charge in [-0.25, -0.2) is 22.5 Å². The number of amides is 1. The second kappa shape index (κ2) is 11.0. The Morgan fingerprint density at radius 1 is 1.05 bits per heavy atom. The van der Waals surface area contributed by atoms with Crippen LogP contribution in [0.3, 0.4) is 0 Å². The Morgan fingerprint density at radius 2 is 1.88 bits per heavy atom. The van der Waals surface area contributed by atoms with Crippen LogP contribution in [0.1, 0.15) is 24.8 Å². The van der Waals surface area contributed by atoms with E-state index in [1.54, 1.807) is 31.5 Å². The van der Waals surface area contributed by atoms with Gasteiger partial charge in [-0.15, -0.1) is 0 Å². The van der Waals surface area contributed by atoms with Crippen LogP contribution in [-0.4, -0.2) is 44.5 Å². The number of sulfonamides is 1. The molecule has 0 atom stereocenters. The Morgan fingerprint density at radius 3 is 2.67 bits per heavy atom. The molecule has 10 nitrogen and oxygen atoms in total. The van der Waals surface area contributed by atoms with Gasteiger partial charge in [0.15, 0.2) is 0 Å². The number of aromatic nitrogens is 2. The third-order valence-electron chi connectivity index (χ3n) is 7.46. The second-order valence-corrected chi connectivity index (χ2v) is 12.0. The van der Waals surface area contributed by atoms with Crippen molar-refractivity contribution >= 4 is 39.1 Å². The highest BCUT2D eigenvalue weighted by molar-refractivity contribution is 7.89. The number of para-hydroxylation sites is 1. The van der Waals surface area contributed by atoms with E-state index in [4.69, 9.17) is 4.74 Å². The largest absolute Gasteiger partial charge is 0.496 e. The van der Waals surface area contributed by atoms with Crippen molar-refractivity contribution in [3.63, 3.8) is 0 Å². The number of fused-ring (bicyclic) bond motifs is 4. The van der Waals surface area contributed by atoms with E-state index in [9.17, 15) is 13.2 Å². The van der Waals surface area contributed by atoms with Gasteiger partial charge in [0.1, 0.15) is 17.4 Å². The number of methoxy groups -OCH3 is 1. The zero-order valence-corrected chi connectivity index (χ0v) is 23.6. The van der Waals surface area contributed by atoms with Gasteiger partial charge in [-0.3, -0.25) is 4.79 Å². The first kappa shape index (κ1) is 27.6. The summed E-state index contributed by atoms with van der Waals surface area (Å²) >= 11 is 0. The number of rotatable bonds is 5. The van der Waals surface area contributed by atoms with Crippen LogP contribution in [0, 0.1) is 5.82 Å². The van der Waals surface area contributed by atoms with Crippen LogP contribution in [0.15, 0.2) is 77.8 Å². The number of benzene rings is 3. The number of anilines is 4. The lowest BCUT2D eigenvalue weighted by Gasteiger charge is -2.19. The lowest BCUT2D eigenvalue weighted by Crippen LogP contribution is -2.28. The molecule has 42 heavy (non-hydrogen) atoms. The van der Waals surface area contributed by atoms with Crippen molar-refractivity contribution in [2.24, 2.45) is 0 Å². The van der Waals surface area contributed by atoms with Gasteiger partial charge < -0.3 is 20.7 Å². The fourth-order valence-electron chi connectivity index (χ4n) is 5.05. The van der Waals surface area contributed by atoms with Gasteiger partial charge in [-0.05, 0) is 61.2 Å². The number of nitrogens with one attached hydrogen (secondary N) is 4. The molecule has 4 N–H and O–H groups in total. The molecule has 0 spiro atoms. The smallest absolute Gasteiger partial charge is 0.240 e. The number of carbonyl (C=O) groups excluding carboxylic acids is 1. The molecule has 1 saturated carbocycles. The van der Waals surface area contributed by atoms with Crippen molar-refractivity contribution in [2.45, 2.75) is 29.6 Å². The summed E-state index contributed by atoms with van der Waals surface area (Å²) in [5, 5.41) is 9.03.